The van der Waals surface area contributed by atoms with Gasteiger partial charge in [0.2, 0.25) is 0 Å². The van der Waals surface area contributed by atoms with Crippen molar-refractivity contribution in [2.24, 2.45) is 0 Å². The summed E-state index contributed by atoms with van der Waals surface area (Å²) in [4.78, 5) is 0. The Morgan fingerprint density at radius 3 is 2.93 bits per heavy atom. The molecule has 2 rings (SSSR count). The third kappa shape index (κ3) is 1.75. The van der Waals surface area contributed by atoms with E-state index in [1.807, 2.05) is 0 Å². The number of methoxy groups -OCH3 is 1. The average molecular weight is 191 g/mol. The molecular weight excluding hydrogens is 174 g/mol. The van der Waals surface area contributed by atoms with E-state index >= 15 is 0 Å². The molecule has 0 aromatic heterocycles. The lowest BCUT2D eigenvalue weighted by atomic mass is 9.96. The summed E-state index contributed by atoms with van der Waals surface area (Å²) in [5, 5.41) is 3.38. The van der Waals surface area contributed by atoms with Crippen molar-refractivity contribution >= 4 is 0 Å². The molecule has 2 heteroatoms. The van der Waals surface area contributed by atoms with Crippen LogP contribution in [0.3, 0.4) is 0 Å². The minimum absolute atomic E-state index is 0.630. The van der Waals surface area contributed by atoms with Gasteiger partial charge in [-0.3, -0.25) is 0 Å². The zero-order valence-corrected chi connectivity index (χ0v) is 8.84. The van der Waals surface area contributed by atoms with Gasteiger partial charge in [0, 0.05) is 12.5 Å². The van der Waals surface area contributed by atoms with Crippen molar-refractivity contribution in [3.63, 3.8) is 0 Å². The zero-order chi connectivity index (χ0) is 9.97. The van der Waals surface area contributed by atoms with Crippen molar-refractivity contribution in [2.75, 3.05) is 20.2 Å². The second kappa shape index (κ2) is 4.01. The van der Waals surface area contributed by atoms with E-state index in [4.69, 9.17) is 4.74 Å². The fourth-order valence-corrected chi connectivity index (χ4v) is 2.08. The Morgan fingerprint density at radius 2 is 2.29 bits per heavy atom. The van der Waals surface area contributed by atoms with Gasteiger partial charge in [0.1, 0.15) is 5.75 Å². The summed E-state index contributed by atoms with van der Waals surface area (Å²) in [5.41, 5.74) is 2.61. The summed E-state index contributed by atoms with van der Waals surface area (Å²) in [5.74, 6) is 1.67. The molecule has 0 aliphatic carbocycles. The van der Waals surface area contributed by atoms with Crippen LogP contribution in [0.15, 0.2) is 18.2 Å². The molecule has 2 nitrogen and oxygen atoms in total. The predicted molar refractivity (Wildman–Crippen MR) is 58.0 cm³/mol. The van der Waals surface area contributed by atoms with Crippen LogP contribution in [-0.2, 0) is 0 Å². The molecule has 0 saturated carbocycles. The first-order chi connectivity index (χ1) is 6.81. The Hall–Kier alpha value is -1.02. The standard InChI is InChI=1S/C12H17NO/c1-9-3-4-11(12(7-9)14-2)10-5-6-13-8-10/h3-4,7,10,13H,5-6,8H2,1-2H3. The number of nitrogens with one attached hydrogen (secondary N) is 1. The monoisotopic (exact) mass is 191 g/mol. The number of rotatable bonds is 2. The van der Waals surface area contributed by atoms with Crippen LogP contribution in [-0.4, -0.2) is 20.2 Å². The smallest absolute Gasteiger partial charge is 0.122 e. The number of ether oxygens (including phenoxy) is 1. The lowest BCUT2D eigenvalue weighted by Crippen LogP contribution is -2.08. The van der Waals surface area contributed by atoms with Crippen LogP contribution in [0.4, 0.5) is 0 Å². The van der Waals surface area contributed by atoms with Gasteiger partial charge < -0.3 is 10.1 Å². The third-order valence-corrected chi connectivity index (χ3v) is 2.89. The Labute approximate surface area is 85.3 Å². The van der Waals surface area contributed by atoms with Crippen LogP contribution in [0.25, 0.3) is 0 Å². The third-order valence-electron chi connectivity index (χ3n) is 2.89. The Morgan fingerprint density at radius 1 is 1.43 bits per heavy atom. The van der Waals surface area contributed by atoms with Crippen molar-refractivity contribution in [1.29, 1.82) is 0 Å². The molecule has 1 heterocycles. The van der Waals surface area contributed by atoms with E-state index in [2.05, 4.69) is 30.4 Å². The highest BCUT2D eigenvalue weighted by Gasteiger charge is 2.19. The van der Waals surface area contributed by atoms with Gasteiger partial charge in [-0.25, -0.2) is 0 Å². The maximum Gasteiger partial charge on any atom is 0.122 e. The molecular formula is C12H17NO. The van der Waals surface area contributed by atoms with Gasteiger partial charge >= 0.3 is 0 Å². The molecule has 1 aliphatic heterocycles. The summed E-state index contributed by atoms with van der Waals surface area (Å²) in [6, 6.07) is 6.48. The summed E-state index contributed by atoms with van der Waals surface area (Å²) in [7, 11) is 1.75. The molecule has 1 aromatic carbocycles. The maximum atomic E-state index is 5.41. The van der Waals surface area contributed by atoms with Gasteiger partial charge in [-0.2, -0.15) is 0 Å². The molecule has 1 N–H and O–H groups in total. The Kier molecular flexibility index (Phi) is 2.73. The molecule has 1 unspecified atom stereocenters. The lowest BCUT2D eigenvalue weighted by Gasteiger charge is -2.14. The largest absolute Gasteiger partial charge is 0.496 e. The average Bonchev–Trinajstić information content (AvgIpc) is 2.70. The van der Waals surface area contributed by atoms with Crippen molar-refractivity contribution in [1.82, 2.24) is 5.32 Å². The van der Waals surface area contributed by atoms with Gasteiger partial charge in [0.15, 0.2) is 0 Å². The molecule has 1 aliphatic rings. The van der Waals surface area contributed by atoms with Gasteiger partial charge in [0.25, 0.3) is 0 Å². The van der Waals surface area contributed by atoms with Crippen LogP contribution >= 0.6 is 0 Å². The van der Waals surface area contributed by atoms with Crippen molar-refractivity contribution in [3.8, 4) is 5.75 Å². The predicted octanol–water partition coefficient (Wildman–Crippen LogP) is 2.08. The van der Waals surface area contributed by atoms with Gasteiger partial charge in [-0.15, -0.1) is 0 Å². The SMILES string of the molecule is COc1cc(C)ccc1C1CCNC1. The van der Waals surface area contributed by atoms with E-state index in [9.17, 15) is 0 Å². The lowest BCUT2D eigenvalue weighted by molar-refractivity contribution is 0.406. The minimum Gasteiger partial charge on any atom is -0.496 e. The van der Waals surface area contributed by atoms with E-state index in [-0.39, 0.29) is 0 Å². The van der Waals surface area contributed by atoms with Crippen molar-refractivity contribution in [3.05, 3.63) is 29.3 Å². The minimum atomic E-state index is 0.630. The van der Waals surface area contributed by atoms with E-state index in [1.165, 1.54) is 17.5 Å². The normalized spacial score (nSPS) is 21.1. The fraction of sp³-hybridized carbons (Fsp3) is 0.500. The molecule has 0 spiro atoms. The first kappa shape index (κ1) is 9.53. The first-order valence-corrected chi connectivity index (χ1v) is 5.16. The summed E-state index contributed by atoms with van der Waals surface area (Å²) >= 11 is 0. The second-order valence-corrected chi connectivity index (χ2v) is 3.94. The first-order valence-electron chi connectivity index (χ1n) is 5.16. The van der Waals surface area contributed by atoms with Crippen LogP contribution in [0.1, 0.15) is 23.5 Å². The molecule has 1 atom stereocenters. The number of benzene rings is 1. The van der Waals surface area contributed by atoms with Crippen LogP contribution in [0, 0.1) is 6.92 Å². The highest BCUT2D eigenvalue weighted by molar-refractivity contribution is 5.40. The van der Waals surface area contributed by atoms with Gasteiger partial charge in [-0.05, 0) is 37.1 Å². The van der Waals surface area contributed by atoms with Crippen molar-refractivity contribution < 1.29 is 4.74 Å². The highest BCUT2D eigenvalue weighted by Crippen LogP contribution is 2.31. The molecule has 0 amide bonds. The fourth-order valence-electron chi connectivity index (χ4n) is 2.08. The van der Waals surface area contributed by atoms with E-state index in [0.29, 0.717) is 5.92 Å². The molecule has 76 valence electrons. The van der Waals surface area contributed by atoms with E-state index in [0.717, 1.165) is 18.8 Å². The van der Waals surface area contributed by atoms with Crippen LogP contribution < -0.4 is 10.1 Å². The molecule has 0 radical (unpaired) electrons. The van der Waals surface area contributed by atoms with Gasteiger partial charge in [0.05, 0.1) is 7.11 Å². The number of aryl methyl sites for hydroxylation is 1. The topological polar surface area (TPSA) is 21.3 Å². The second-order valence-electron chi connectivity index (χ2n) is 3.94. The van der Waals surface area contributed by atoms with Crippen molar-refractivity contribution in [2.45, 2.75) is 19.3 Å². The summed E-state index contributed by atoms with van der Waals surface area (Å²) in [6.07, 6.45) is 1.22. The number of hydrogen-bond donors (Lipinski definition) is 1. The van der Waals surface area contributed by atoms with Gasteiger partial charge in [-0.1, -0.05) is 12.1 Å². The maximum absolute atomic E-state index is 5.41. The number of hydrogen-bond acceptors (Lipinski definition) is 2. The quantitative estimate of drug-likeness (QED) is 0.772. The molecule has 1 saturated heterocycles. The van der Waals surface area contributed by atoms with E-state index in [1.54, 1.807) is 7.11 Å². The highest BCUT2D eigenvalue weighted by atomic mass is 16.5. The van der Waals surface area contributed by atoms with Crippen LogP contribution in [0.2, 0.25) is 0 Å². The Balaban J connectivity index is 2.31. The Bertz CT molecular complexity index is 316. The van der Waals surface area contributed by atoms with E-state index < -0.39 is 0 Å². The summed E-state index contributed by atoms with van der Waals surface area (Å²) < 4.78 is 5.41. The molecule has 14 heavy (non-hydrogen) atoms. The zero-order valence-electron chi connectivity index (χ0n) is 8.84. The molecule has 1 fully saturated rings. The summed E-state index contributed by atoms with van der Waals surface area (Å²) in [6.45, 7) is 4.31. The van der Waals surface area contributed by atoms with Crippen LogP contribution in [0.5, 0.6) is 5.75 Å². The molecule has 0 bridgehead atoms. The molecule has 1 aromatic rings.